The van der Waals surface area contributed by atoms with Gasteiger partial charge in [0.2, 0.25) is 5.78 Å². The maximum Gasteiger partial charge on any atom is 0.338 e. The van der Waals surface area contributed by atoms with E-state index in [1.54, 1.807) is 48.5 Å². The van der Waals surface area contributed by atoms with Crippen LogP contribution in [0.15, 0.2) is 54.6 Å². The van der Waals surface area contributed by atoms with Crippen LogP contribution in [0.4, 0.5) is 0 Å². The van der Waals surface area contributed by atoms with Gasteiger partial charge in [0.1, 0.15) is 11.5 Å². The minimum atomic E-state index is -0.954. The summed E-state index contributed by atoms with van der Waals surface area (Å²) in [6.07, 6.45) is -0.106. The SMILES string of the molecule is O=C(O[C@H]1CCc2cc3cccc(O)c3c(O)c2C1=O)c1ccccc1. The second kappa shape index (κ2) is 6.19. The van der Waals surface area contributed by atoms with Gasteiger partial charge in [0.15, 0.2) is 6.10 Å². The molecule has 0 aliphatic heterocycles. The van der Waals surface area contributed by atoms with Gasteiger partial charge in [-0.15, -0.1) is 0 Å². The minimum Gasteiger partial charge on any atom is -0.507 e. The number of aryl methyl sites for hydroxylation is 1. The molecule has 0 amide bonds. The monoisotopic (exact) mass is 348 g/mol. The first-order valence-corrected chi connectivity index (χ1v) is 8.33. The molecular weight excluding hydrogens is 332 g/mol. The molecule has 1 atom stereocenters. The number of Topliss-reactive ketones (excluding diaryl/α,β-unsaturated/α-hetero) is 1. The lowest BCUT2D eigenvalue weighted by Gasteiger charge is -2.25. The standard InChI is InChI=1S/C21H16O5/c22-15-8-4-7-13-11-14-9-10-16(19(23)18(14)20(24)17(13)15)26-21(25)12-5-2-1-3-6-12/h1-8,11,16,22,24H,9-10H2/t16-/m0/s1. The molecule has 0 unspecified atom stereocenters. The molecule has 0 saturated heterocycles. The predicted octanol–water partition coefficient (Wildman–Crippen LogP) is 3.61. The van der Waals surface area contributed by atoms with Gasteiger partial charge in [0, 0.05) is 0 Å². The number of carbonyl (C=O) groups excluding carboxylic acids is 2. The number of esters is 1. The molecule has 130 valence electrons. The molecular formula is C21H16O5. The van der Waals surface area contributed by atoms with Crippen molar-refractivity contribution in [3.8, 4) is 11.5 Å². The van der Waals surface area contributed by atoms with Crippen molar-refractivity contribution in [2.24, 2.45) is 0 Å². The van der Waals surface area contributed by atoms with Crippen LogP contribution in [0, 0.1) is 0 Å². The van der Waals surface area contributed by atoms with Gasteiger partial charge in [-0.05, 0) is 42.0 Å². The van der Waals surface area contributed by atoms with Crippen LogP contribution in [-0.2, 0) is 11.2 Å². The van der Waals surface area contributed by atoms with Gasteiger partial charge in [-0.25, -0.2) is 4.79 Å². The molecule has 4 rings (SSSR count). The number of carbonyl (C=O) groups is 2. The van der Waals surface area contributed by atoms with Crippen molar-refractivity contribution >= 4 is 22.5 Å². The number of ketones is 1. The van der Waals surface area contributed by atoms with Crippen molar-refractivity contribution < 1.29 is 24.5 Å². The third kappa shape index (κ3) is 2.58. The molecule has 0 bridgehead atoms. The molecule has 0 heterocycles. The molecule has 3 aromatic carbocycles. The van der Waals surface area contributed by atoms with E-state index in [-0.39, 0.29) is 22.4 Å². The Morgan fingerprint density at radius 2 is 1.81 bits per heavy atom. The van der Waals surface area contributed by atoms with Crippen molar-refractivity contribution in [2.45, 2.75) is 18.9 Å². The number of fused-ring (bicyclic) bond motifs is 2. The average molecular weight is 348 g/mol. The fraction of sp³-hybridized carbons (Fsp3) is 0.143. The summed E-state index contributed by atoms with van der Waals surface area (Å²) in [5, 5.41) is 21.5. The number of ether oxygens (including phenoxy) is 1. The van der Waals surface area contributed by atoms with Gasteiger partial charge in [-0.2, -0.15) is 0 Å². The molecule has 2 N–H and O–H groups in total. The summed E-state index contributed by atoms with van der Waals surface area (Å²) in [5.74, 6) is -1.38. The number of phenols is 2. The van der Waals surface area contributed by atoms with Crippen LogP contribution in [0.25, 0.3) is 10.8 Å². The quantitative estimate of drug-likeness (QED) is 0.691. The molecule has 26 heavy (non-hydrogen) atoms. The zero-order chi connectivity index (χ0) is 18.3. The van der Waals surface area contributed by atoms with Crippen molar-refractivity contribution in [1.82, 2.24) is 0 Å². The molecule has 0 fully saturated rings. The number of benzene rings is 3. The van der Waals surface area contributed by atoms with Crippen molar-refractivity contribution in [3.05, 3.63) is 71.3 Å². The zero-order valence-corrected chi connectivity index (χ0v) is 13.8. The largest absolute Gasteiger partial charge is 0.507 e. The van der Waals surface area contributed by atoms with Crippen LogP contribution < -0.4 is 0 Å². The first-order chi connectivity index (χ1) is 12.6. The molecule has 1 aliphatic rings. The number of hydrogen-bond donors (Lipinski definition) is 2. The highest BCUT2D eigenvalue weighted by Gasteiger charge is 2.34. The third-order valence-corrected chi connectivity index (χ3v) is 4.67. The Morgan fingerprint density at radius 1 is 1.04 bits per heavy atom. The fourth-order valence-corrected chi connectivity index (χ4v) is 3.41. The lowest BCUT2D eigenvalue weighted by atomic mass is 9.85. The van der Waals surface area contributed by atoms with Gasteiger partial charge in [0.25, 0.3) is 0 Å². The summed E-state index contributed by atoms with van der Waals surface area (Å²) in [6.45, 7) is 0. The van der Waals surface area contributed by atoms with Crippen LogP contribution in [-0.4, -0.2) is 28.1 Å². The number of phenolic OH excluding ortho intramolecular Hbond substituents is 2. The Labute approximate surface area is 149 Å². The maximum absolute atomic E-state index is 12.8. The first-order valence-electron chi connectivity index (χ1n) is 8.33. The smallest absolute Gasteiger partial charge is 0.338 e. The van der Waals surface area contributed by atoms with Gasteiger partial charge >= 0.3 is 5.97 Å². The van der Waals surface area contributed by atoms with E-state index >= 15 is 0 Å². The summed E-state index contributed by atoms with van der Waals surface area (Å²) < 4.78 is 5.38. The average Bonchev–Trinajstić information content (AvgIpc) is 2.64. The van der Waals surface area contributed by atoms with Gasteiger partial charge in [-0.3, -0.25) is 4.79 Å². The number of aromatic hydroxyl groups is 2. The van der Waals surface area contributed by atoms with Gasteiger partial charge in [-0.1, -0.05) is 36.4 Å². The van der Waals surface area contributed by atoms with E-state index in [0.29, 0.717) is 29.4 Å². The molecule has 0 saturated carbocycles. The molecule has 5 heteroatoms. The summed E-state index contributed by atoms with van der Waals surface area (Å²) in [6, 6.07) is 15.1. The summed E-state index contributed by atoms with van der Waals surface area (Å²) >= 11 is 0. The zero-order valence-electron chi connectivity index (χ0n) is 13.8. The minimum absolute atomic E-state index is 0.0981. The van der Waals surface area contributed by atoms with Gasteiger partial charge < -0.3 is 14.9 Å². The second-order valence-electron chi connectivity index (χ2n) is 6.30. The molecule has 0 radical (unpaired) electrons. The van der Waals surface area contributed by atoms with Crippen LogP contribution in [0.5, 0.6) is 11.5 Å². The van der Waals surface area contributed by atoms with Crippen molar-refractivity contribution in [3.63, 3.8) is 0 Å². The highest BCUT2D eigenvalue weighted by atomic mass is 16.5. The summed E-state index contributed by atoms with van der Waals surface area (Å²) in [7, 11) is 0. The lowest BCUT2D eigenvalue weighted by molar-refractivity contribution is 0.0256. The molecule has 5 nitrogen and oxygen atoms in total. The lowest BCUT2D eigenvalue weighted by Crippen LogP contribution is -2.32. The van der Waals surface area contributed by atoms with Gasteiger partial charge in [0.05, 0.1) is 16.5 Å². The highest BCUT2D eigenvalue weighted by molar-refractivity contribution is 6.11. The molecule has 0 spiro atoms. The first kappa shape index (κ1) is 16.1. The van der Waals surface area contributed by atoms with E-state index in [2.05, 4.69) is 0 Å². The summed E-state index contributed by atoms with van der Waals surface area (Å²) in [5.41, 5.74) is 1.18. The maximum atomic E-state index is 12.8. The molecule has 3 aromatic rings. The van der Waals surface area contributed by atoms with E-state index in [4.69, 9.17) is 4.74 Å². The number of rotatable bonds is 2. The normalized spacial score (nSPS) is 16.3. The topological polar surface area (TPSA) is 83.8 Å². The second-order valence-corrected chi connectivity index (χ2v) is 6.30. The third-order valence-electron chi connectivity index (χ3n) is 4.67. The Kier molecular flexibility index (Phi) is 3.84. The Hall–Kier alpha value is -3.34. The number of hydrogen-bond acceptors (Lipinski definition) is 5. The van der Waals surface area contributed by atoms with Crippen molar-refractivity contribution in [1.29, 1.82) is 0 Å². The Balaban J connectivity index is 1.70. The van der Waals surface area contributed by atoms with E-state index < -0.39 is 17.9 Å². The molecule has 1 aliphatic carbocycles. The van der Waals surface area contributed by atoms with Crippen LogP contribution in [0.1, 0.15) is 32.7 Å². The molecule has 0 aromatic heterocycles. The highest BCUT2D eigenvalue weighted by Crippen LogP contribution is 2.40. The van der Waals surface area contributed by atoms with Crippen LogP contribution in [0.3, 0.4) is 0 Å². The fourth-order valence-electron chi connectivity index (χ4n) is 3.41. The Morgan fingerprint density at radius 3 is 2.58 bits per heavy atom. The Bertz CT molecular complexity index is 1020. The van der Waals surface area contributed by atoms with E-state index in [0.717, 1.165) is 0 Å². The van der Waals surface area contributed by atoms with Crippen LogP contribution in [0.2, 0.25) is 0 Å². The predicted molar refractivity (Wildman–Crippen MR) is 95.6 cm³/mol. The summed E-state index contributed by atoms with van der Waals surface area (Å²) in [4.78, 5) is 25.1. The van der Waals surface area contributed by atoms with E-state index in [1.165, 1.54) is 6.07 Å². The van der Waals surface area contributed by atoms with E-state index in [9.17, 15) is 19.8 Å². The van der Waals surface area contributed by atoms with Crippen LogP contribution >= 0.6 is 0 Å². The van der Waals surface area contributed by atoms with E-state index in [1.807, 2.05) is 0 Å². The van der Waals surface area contributed by atoms with Crippen molar-refractivity contribution in [2.75, 3.05) is 0 Å².